The van der Waals surface area contributed by atoms with Gasteiger partial charge >= 0.3 is 0 Å². The summed E-state index contributed by atoms with van der Waals surface area (Å²) in [6.45, 7) is 0. The molecule has 0 bridgehead atoms. The molecule has 5 heteroatoms. The van der Waals surface area contributed by atoms with Crippen LogP contribution in [-0.2, 0) is 0 Å². The highest BCUT2D eigenvalue weighted by atomic mass is 19.2. The molecule has 0 radical (unpaired) electrons. The summed E-state index contributed by atoms with van der Waals surface area (Å²) in [6.07, 6.45) is 2.39. The van der Waals surface area contributed by atoms with Gasteiger partial charge in [-0.2, -0.15) is 0 Å². The number of ether oxygens (including phenoxy) is 1. The van der Waals surface area contributed by atoms with Gasteiger partial charge in [0.2, 0.25) is 0 Å². The van der Waals surface area contributed by atoms with Gasteiger partial charge in [-0.15, -0.1) is 0 Å². The normalized spacial score (nSPS) is 15.8. The van der Waals surface area contributed by atoms with E-state index in [0.717, 1.165) is 24.5 Å². The van der Waals surface area contributed by atoms with Crippen LogP contribution < -0.4 is 16.0 Å². The van der Waals surface area contributed by atoms with Crippen molar-refractivity contribution in [3.8, 4) is 5.75 Å². The molecule has 2 aromatic carbocycles. The molecule has 0 aliphatic heterocycles. The first-order valence-corrected chi connectivity index (χ1v) is 6.85. The zero-order valence-corrected chi connectivity index (χ0v) is 11.4. The second-order valence-electron chi connectivity index (χ2n) is 5.13. The Morgan fingerprint density at radius 1 is 1.14 bits per heavy atom. The standard InChI is InChI=1S/C16H16F2N2O/c17-14-6-2-5-13(15(14)18)16(20-19)10-3-1-4-12(9-10)21-11-7-8-11/h1-6,9,11,16,20H,7-8,19H2. The minimum Gasteiger partial charge on any atom is -0.490 e. The maximum atomic E-state index is 13.9. The Morgan fingerprint density at radius 3 is 2.62 bits per heavy atom. The van der Waals surface area contributed by atoms with Gasteiger partial charge < -0.3 is 4.74 Å². The Hall–Kier alpha value is -1.98. The van der Waals surface area contributed by atoms with Crippen LogP contribution in [0.2, 0.25) is 0 Å². The molecule has 1 atom stereocenters. The SMILES string of the molecule is NNC(c1cccc(OC2CC2)c1)c1cccc(F)c1F. The monoisotopic (exact) mass is 290 g/mol. The smallest absolute Gasteiger partial charge is 0.163 e. The summed E-state index contributed by atoms with van der Waals surface area (Å²) in [7, 11) is 0. The number of nitrogens with two attached hydrogens (primary N) is 1. The van der Waals surface area contributed by atoms with Crippen LogP contribution in [0.1, 0.15) is 30.0 Å². The van der Waals surface area contributed by atoms with Crippen LogP contribution in [-0.4, -0.2) is 6.10 Å². The van der Waals surface area contributed by atoms with Crippen molar-refractivity contribution in [1.82, 2.24) is 5.43 Å². The zero-order chi connectivity index (χ0) is 14.8. The summed E-state index contributed by atoms with van der Waals surface area (Å²) in [5.74, 6) is 4.47. The first kappa shape index (κ1) is 14.0. The Kier molecular flexibility index (Phi) is 3.86. The van der Waals surface area contributed by atoms with Gasteiger partial charge in [-0.05, 0) is 36.6 Å². The molecule has 1 saturated carbocycles. The number of benzene rings is 2. The van der Waals surface area contributed by atoms with E-state index in [9.17, 15) is 8.78 Å². The molecular weight excluding hydrogens is 274 g/mol. The first-order chi connectivity index (χ1) is 10.2. The molecule has 1 fully saturated rings. The van der Waals surface area contributed by atoms with Gasteiger partial charge in [0.15, 0.2) is 11.6 Å². The molecule has 0 aromatic heterocycles. The first-order valence-electron chi connectivity index (χ1n) is 6.85. The van der Waals surface area contributed by atoms with Crippen molar-refractivity contribution < 1.29 is 13.5 Å². The highest BCUT2D eigenvalue weighted by Gasteiger charge is 2.24. The Bertz CT molecular complexity index is 644. The van der Waals surface area contributed by atoms with Crippen molar-refractivity contribution in [1.29, 1.82) is 0 Å². The maximum Gasteiger partial charge on any atom is 0.163 e. The second kappa shape index (κ2) is 5.79. The van der Waals surface area contributed by atoms with E-state index in [1.54, 1.807) is 12.1 Å². The molecule has 3 N–H and O–H groups in total. The van der Waals surface area contributed by atoms with Gasteiger partial charge in [0, 0.05) is 5.56 Å². The third kappa shape index (κ3) is 3.04. The molecule has 2 aromatic rings. The van der Waals surface area contributed by atoms with Crippen molar-refractivity contribution in [3.63, 3.8) is 0 Å². The largest absolute Gasteiger partial charge is 0.490 e. The molecule has 0 amide bonds. The zero-order valence-electron chi connectivity index (χ0n) is 11.4. The number of rotatable bonds is 5. The minimum absolute atomic E-state index is 0.168. The second-order valence-corrected chi connectivity index (χ2v) is 5.13. The fourth-order valence-corrected chi connectivity index (χ4v) is 2.25. The Morgan fingerprint density at radius 2 is 1.90 bits per heavy atom. The van der Waals surface area contributed by atoms with Gasteiger partial charge in [0.1, 0.15) is 5.75 Å². The predicted molar refractivity (Wildman–Crippen MR) is 75.6 cm³/mol. The van der Waals surface area contributed by atoms with Crippen molar-refractivity contribution in [2.45, 2.75) is 25.0 Å². The lowest BCUT2D eigenvalue weighted by atomic mass is 9.98. The van der Waals surface area contributed by atoms with Gasteiger partial charge in [-0.25, -0.2) is 14.2 Å². The summed E-state index contributed by atoms with van der Waals surface area (Å²) in [5.41, 5.74) is 3.43. The number of hydrogen-bond acceptors (Lipinski definition) is 3. The van der Waals surface area contributed by atoms with Crippen LogP contribution in [0.3, 0.4) is 0 Å². The summed E-state index contributed by atoms with van der Waals surface area (Å²) in [4.78, 5) is 0. The Balaban J connectivity index is 1.93. The predicted octanol–water partition coefficient (Wildman–Crippen LogP) is 3.06. The molecule has 1 aliphatic rings. The number of hydrazine groups is 1. The molecule has 110 valence electrons. The lowest BCUT2D eigenvalue weighted by molar-refractivity contribution is 0.302. The van der Waals surface area contributed by atoms with Crippen LogP contribution in [0, 0.1) is 11.6 Å². The summed E-state index contributed by atoms with van der Waals surface area (Å²) in [6, 6.07) is 10.7. The number of hydrogen-bond donors (Lipinski definition) is 2. The van der Waals surface area contributed by atoms with Gasteiger partial charge in [-0.1, -0.05) is 24.3 Å². The lowest BCUT2D eigenvalue weighted by Gasteiger charge is -2.18. The molecule has 0 spiro atoms. The van der Waals surface area contributed by atoms with Crippen molar-refractivity contribution in [3.05, 3.63) is 65.2 Å². The molecule has 21 heavy (non-hydrogen) atoms. The average Bonchev–Trinajstić information content (AvgIpc) is 3.29. The summed E-state index contributed by atoms with van der Waals surface area (Å²) >= 11 is 0. The molecule has 1 unspecified atom stereocenters. The number of halogens is 2. The Labute approximate surface area is 121 Å². The summed E-state index contributed by atoms with van der Waals surface area (Å²) in [5, 5.41) is 0. The van der Waals surface area contributed by atoms with Gasteiger partial charge in [0.05, 0.1) is 12.1 Å². The van der Waals surface area contributed by atoms with Crippen LogP contribution in [0.5, 0.6) is 5.75 Å². The van der Waals surface area contributed by atoms with Crippen LogP contribution in [0.15, 0.2) is 42.5 Å². The highest BCUT2D eigenvalue weighted by molar-refractivity contribution is 5.37. The van der Waals surface area contributed by atoms with Crippen molar-refractivity contribution in [2.24, 2.45) is 5.84 Å². The van der Waals surface area contributed by atoms with Crippen molar-refractivity contribution >= 4 is 0 Å². The fourth-order valence-electron chi connectivity index (χ4n) is 2.25. The summed E-state index contributed by atoms with van der Waals surface area (Å²) < 4.78 is 33.0. The fraction of sp³-hybridized carbons (Fsp3) is 0.250. The number of nitrogens with one attached hydrogen (secondary N) is 1. The molecule has 3 nitrogen and oxygen atoms in total. The molecule has 0 saturated heterocycles. The van der Waals surface area contributed by atoms with E-state index in [0.29, 0.717) is 5.75 Å². The molecule has 0 heterocycles. The van der Waals surface area contributed by atoms with E-state index in [4.69, 9.17) is 10.6 Å². The average molecular weight is 290 g/mol. The maximum absolute atomic E-state index is 13.9. The van der Waals surface area contributed by atoms with E-state index in [2.05, 4.69) is 5.43 Å². The molecule has 3 rings (SSSR count). The third-order valence-corrected chi connectivity index (χ3v) is 3.48. The topological polar surface area (TPSA) is 47.3 Å². The third-order valence-electron chi connectivity index (χ3n) is 3.48. The van der Waals surface area contributed by atoms with Crippen LogP contribution in [0.25, 0.3) is 0 Å². The van der Waals surface area contributed by atoms with Crippen LogP contribution in [0.4, 0.5) is 8.78 Å². The van der Waals surface area contributed by atoms with E-state index in [1.807, 2.05) is 12.1 Å². The van der Waals surface area contributed by atoms with E-state index < -0.39 is 17.7 Å². The van der Waals surface area contributed by atoms with Gasteiger partial charge in [0.25, 0.3) is 0 Å². The van der Waals surface area contributed by atoms with E-state index in [-0.39, 0.29) is 11.7 Å². The van der Waals surface area contributed by atoms with Gasteiger partial charge in [-0.3, -0.25) is 5.84 Å². The highest BCUT2D eigenvalue weighted by Crippen LogP contribution is 2.30. The lowest BCUT2D eigenvalue weighted by Crippen LogP contribution is -2.29. The molecular formula is C16H16F2N2O. The van der Waals surface area contributed by atoms with Crippen LogP contribution >= 0.6 is 0 Å². The minimum atomic E-state index is -0.894. The van der Waals surface area contributed by atoms with E-state index >= 15 is 0 Å². The van der Waals surface area contributed by atoms with E-state index in [1.165, 1.54) is 12.1 Å². The molecule has 1 aliphatic carbocycles. The quantitative estimate of drug-likeness (QED) is 0.657. The van der Waals surface area contributed by atoms with Crippen molar-refractivity contribution in [2.75, 3.05) is 0 Å².